The van der Waals surface area contributed by atoms with Gasteiger partial charge in [-0.05, 0) is 24.3 Å². The number of aliphatic hydroxyl groups is 1. The summed E-state index contributed by atoms with van der Waals surface area (Å²) in [6.45, 7) is 1.18. The first-order valence-corrected chi connectivity index (χ1v) is 9.51. The summed E-state index contributed by atoms with van der Waals surface area (Å²) in [5.74, 6) is 1.63. The second kappa shape index (κ2) is 6.16. The predicted octanol–water partition coefficient (Wildman–Crippen LogP) is 4.48. The van der Waals surface area contributed by atoms with Crippen LogP contribution < -0.4 is 14.2 Å². The fourth-order valence-electron chi connectivity index (χ4n) is 2.41. The van der Waals surface area contributed by atoms with Crippen molar-refractivity contribution in [3.8, 4) is 36.1 Å². The molecule has 4 rings (SSSR count). The van der Waals surface area contributed by atoms with E-state index >= 15 is 0 Å². The number of hydrogen-bond donors (Lipinski definition) is 1. The van der Waals surface area contributed by atoms with Crippen LogP contribution in [0.5, 0.6) is 16.6 Å². The molecule has 0 fully saturated rings. The number of aliphatic hydroxyl groups excluding tert-OH is 1. The van der Waals surface area contributed by atoms with Crippen LogP contribution in [-0.2, 0) is 6.61 Å². The van der Waals surface area contributed by atoms with Crippen LogP contribution in [0.25, 0.3) is 19.5 Å². The van der Waals surface area contributed by atoms with Crippen molar-refractivity contribution in [2.75, 3.05) is 20.3 Å². The molecule has 1 N–H and O–H groups in total. The van der Waals surface area contributed by atoms with E-state index in [2.05, 4.69) is 0 Å². The van der Waals surface area contributed by atoms with Gasteiger partial charge in [0, 0.05) is 9.75 Å². The van der Waals surface area contributed by atoms with Gasteiger partial charge in [0.05, 0.1) is 28.3 Å². The average molecular weight is 366 g/mol. The molecular formula is C16H14O4S3. The number of rotatable bonds is 4. The fraction of sp³-hybridized carbons (Fsp3) is 0.250. The van der Waals surface area contributed by atoms with Crippen LogP contribution in [-0.4, -0.2) is 25.4 Å². The number of hydrogen-bond acceptors (Lipinski definition) is 7. The third kappa shape index (κ3) is 2.63. The van der Waals surface area contributed by atoms with E-state index in [1.807, 2.05) is 24.3 Å². The first-order chi connectivity index (χ1) is 11.3. The molecule has 0 bridgehead atoms. The number of methoxy groups -OCH3 is 1. The van der Waals surface area contributed by atoms with Crippen molar-refractivity contribution in [2.24, 2.45) is 0 Å². The zero-order valence-corrected chi connectivity index (χ0v) is 14.8. The van der Waals surface area contributed by atoms with Crippen LogP contribution in [0.15, 0.2) is 24.3 Å². The van der Waals surface area contributed by atoms with Crippen molar-refractivity contribution >= 4 is 34.0 Å². The largest absolute Gasteiger partial charge is 0.487 e. The summed E-state index contributed by atoms with van der Waals surface area (Å²) in [5.41, 5.74) is 0. The van der Waals surface area contributed by atoms with Crippen molar-refractivity contribution in [2.45, 2.75) is 6.61 Å². The molecule has 23 heavy (non-hydrogen) atoms. The van der Waals surface area contributed by atoms with E-state index in [0.717, 1.165) is 40.9 Å². The molecule has 4 heterocycles. The molecule has 0 amide bonds. The topological polar surface area (TPSA) is 47.9 Å². The summed E-state index contributed by atoms with van der Waals surface area (Å²) >= 11 is 4.84. The van der Waals surface area contributed by atoms with Gasteiger partial charge in [-0.25, -0.2) is 0 Å². The SMILES string of the molecule is COc1ccc(-c2sc(-c3ccc(CO)s3)c3c2OCCO3)s1. The lowest BCUT2D eigenvalue weighted by molar-refractivity contribution is 0.175. The molecule has 120 valence electrons. The molecule has 0 spiro atoms. The molecular weight excluding hydrogens is 352 g/mol. The second-order valence-corrected chi connectivity index (χ2v) is 8.10. The third-order valence-corrected chi connectivity index (χ3v) is 7.08. The fourth-order valence-corrected chi connectivity index (χ4v) is 5.50. The molecule has 7 heteroatoms. The Morgan fingerprint density at radius 3 is 2.17 bits per heavy atom. The summed E-state index contributed by atoms with van der Waals surface area (Å²) in [6.07, 6.45) is 0. The van der Waals surface area contributed by atoms with Gasteiger partial charge in [0.15, 0.2) is 16.6 Å². The molecule has 1 aliphatic heterocycles. The smallest absolute Gasteiger partial charge is 0.181 e. The Hall–Kier alpha value is -1.54. The molecule has 1 aliphatic rings. The van der Waals surface area contributed by atoms with Crippen molar-refractivity contribution in [1.82, 2.24) is 0 Å². The average Bonchev–Trinajstić information content (AvgIpc) is 3.31. The van der Waals surface area contributed by atoms with Gasteiger partial charge < -0.3 is 19.3 Å². The highest BCUT2D eigenvalue weighted by Gasteiger charge is 2.27. The lowest BCUT2D eigenvalue weighted by Crippen LogP contribution is -2.14. The van der Waals surface area contributed by atoms with Crippen LogP contribution in [0, 0.1) is 0 Å². The monoisotopic (exact) mass is 366 g/mol. The Morgan fingerprint density at radius 1 is 0.957 bits per heavy atom. The minimum Gasteiger partial charge on any atom is -0.487 e. The van der Waals surface area contributed by atoms with Gasteiger partial charge in [-0.2, -0.15) is 0 Å². The van der Waals surface area contributed by atoms with Crippen LogP contribution in [0.1, 0.15) is 4.88 Å². The Labute approximate surface area is 145 Å². The summed E-state index contributed by atoms with van der Waals surface area (Å²) in [6, 6.07) is 7.98. The summed E-state index contributed by atoms with van der Waals surface area (Å²) in [4.78, 5) is 5.28. The third-order valence-electron chi connectivity index (χ3n) is 3.45. The lowest BCUT2D eigenvalue weighted by Gasteiger charge is -2.16. The van der Waals surface area contributed by atoms with E-state index in [4.69, 9.17) is 14.2 Å². The van der Waals surface area contributed by atoms with E-state index in [9.17, 15) is 5.11 Å². The molecule has 4 nitrogen and oxygen atoms in total. The summed E-state index contributed by atoms with van der Waals surface area (Å²) in [5, 5.41) is 10.2. The Balaban J connectivity index is 1.84. The van der Waals surface area contributed by atoms with E-state index in [0.29, 0.717) is 13.2 Å². The van der Waals surface area contributed by atoms with Crippen LogP contribution in [0.4, 0.5) is 0 Å². The highest BCUT2D eigenvalue weighted by molar-refractivity contribution is 7.27. The van der Waals surface area contributed by atoms with Gasteiger partial charge >= 0.3 is 0 Å². The van der Waals surface area contributed by atoms with E-state index in [1.165, 1.54) is 0 Å². The lowest BCUT2D eigenvalue weighted by atomic mass is 10.3. The standard InChI is InChI=1S/C16H14O4S3/c1-18-12-5-4-11(22-12)16-14-13(19-6-7-20-14)15(23-16)10-3-2-9(8-17)21-10/h2-5,17H,6-8H2,1H3. The van der Waals surface area contributed by atoms with Gasteiger partial charge in [0.1, 0.15) is 13.2 Å². The van der Waals surface area contributed by atoms with Crippen LogP contribution in [0.2, 0.25) is 0 Å². The molecule has 0 aromatic carbocycles. The van der Waals surface area contributed by atoms with E-state index in [1.54, 1.807) is 41.1 Å². The Kier molecular flexibility index (Phi) is 4.02. The van der Waals surface area contributed by atoms with Crippen molar-refractivity contribution < 1.29 is 19.3 Å². The maximum atomic E-state index is 9.30. The van der Waals surface area contributed by atoms with Crippen molar-refractivity contribution in [1.29, 1.82) is 0 Å². The molecule has 3 aromatic rings. The minimum atomic E-state index is 0.0601. The minimum absolute atomic E-state index is 0.0601. The maximum absolute atomic E-state index is 9.30. The van der Waals surface area contributed by atoms with Crippen molar-refractivity contribution in [3.05, 3.63) is 29.1 Å². The Morgan fingerprint density at radius 2 is 1.61 bits per heavy atom. The normalized spacial score (nSPS) is 13.3. The highest BCUT2D eigenvalue weighted by Crippen LogP contribution is 2.56. The van der Waals surface area contributed by atoms with E-state index < -0.39 is 0 Å². The van der Waals surface area contributed by atoms with E-state index in [-0.39, 0.29) is 6.61 Å². The molecule has 0 radical (unpaired) electrons. The highest BCUT2D eigenvalue weighted by atomic mass is 32.1. The van der Waals surface area contributed by atoms with Crippen LogP contribution >= 0.6 is 34.0 Å². The van der Waals surface area contributed by atoms with Crippen LogP contribution in [0.3, 0.4) is 0 Å². The first kappa shape index (κ1) is 15.0. The van der Waals surface area contributed by atoms with Gasteiger partial charge in [-0.3, -0.25) is 0 Å². The molecule has 3 aromatic heterocycles. The molecule has 0 saturated carbocycles. The number of ether oxygens (including phenoxy) is 3. The number of fused-ring (bicyclic) bond motifs is 1. The molecule has 0 unspecified atom stereocenters. The molecule has 0 saturated heterocycles. The van der Waals surface area contributed by atoms with Gasteiger partial charge in [-0.1, -0.05) is 11.3 Å². The predicted molar refractivity (Wildman–Crippen MR) is 94.4 cm³/mol. The quantitative estimate of drug-likeness (QED) is 0.740. The summed E-state index contributed by atoms with van der Waals surface area (Å²) in [7, 11) is 1.67. The molecule has 0 atom stereocenters. The van der Waals surface area contributed by atoms with Gasteiger partial charge in [0.25, 0.3) is 0 Å². The second-order valence-electron chi connectivity index (χ2n) is 4.86. The van der Waals surface area contributed by atoms with Gasteiger partial charge in [0.2, 0.25) is 0 Å². The zero-order chi connectivity index (χ0) is 15.8. The first-order valence-electron chi connectivity index (χ1n) is 7.06. The maximum Gasteiger partial charge on any atom is 0.181 e. The summed E-state index contributed by atoms with van der Waals surface area (Å²) < 4.78 is 17.1. The Bertz CT molecular complexity index is 764. The number of thiophene rings is 3. The zero-order valence-electron chi connectivity index (χ0n) is 12.3. The van der Waals surface area contributed by atoms with Crippen molar-refractivity contribution in [3.63, 3.8) is 0 Å². The van der Waals surface area contributed by atoms with Gasteiger partial charge in [-0.15, -0.1) is 22.7 Å². The molecule has 0 aliphatic carbocycles.